The third-order valence-electron chi connectivity index (χ3n) is 2.56. The van der Waals surface area contributed by atoms with Crippen molar-refractivity contribution in [2.75, 3.05) is 20.7 Å². The Bertz CT molecular complexity index is 404. The maximum atomic E-state index is 11.8. The SMILES string of the molecule is COC(CNC(=O)N(C)Cc1ccoc1)CC(=O)O. The van der Waals surface area contributed by atoms with Gasteiger partial charge in [-0.25, -0.2) is 4.79 Å². The predicted octanol–water partition coefficient (Wildman–Crippen LogP) is 0.911. The number of carboxylic acid groups (broad SMARTS) is 1. The summed E-state index contributed by atoms with van der Waals surface area (Å²) in [4.78, 5) is 23.8. The zero-order valence-electron chi connectivity index (χ0n) is 11.0. The van der Waals surface area contributed by atoms with E-state index >= 15 is 0 Å². The van der Waals surface area contributed by atoms with Crippen molar-refractivity contribution in [3.8, 4) is 0 Å². The fraction of sp³-hybridized carbons (Fsp3) is 0.500. The Morgan fingerprint density at radius 3 is 2.84 bits per heavy atom. The zero-order chi connectivity index (χ0) is 14.3. The largest absolute Gasteiger partial charge is 0.481 e. The van der Waals surface area contributed by atoms with E-state index in [2.05, 4.69) is 5.32 Å². The molecule has 0 aliphatic rings. The van der Waals surface area contributed by atoms with Crippen molar-refractivity contribution in [2.24, 2.45) is 0 Å². The number of rotatable bonds is 7. The van der Waals surface area contributed by atoms with Crippen molar-refractivity contribution in [3.05, 3.63) is 24.2 Å². The van der Waals surface area contributed by atoms with Crippen LogP contribution in [0.25, 0.3) is 0 Å². The number of hydrogen-bond acceptors (Lipinski definition) is 4. The maximum absolute atomic E-state index is 11.8. The van der Waals surface area contributed by atoms with Crippen LogP contribution in [0.3, 0.4) is 0 Å². The fourth-order valence-electron chi connectivity index (χ4n) is 1.50. The number of aliphatic carboxylic acids is 1. The lowest BCUT2D eigenvalue weighted by Crippen LogP contribution is -2.41. The summed E-state index contributed by atoms with van der Waals surface area (Å²) in [6.07, 6.45) is 2.41. The van der Waals surface area contributed by atoms with E-state index in [1.54, 1.807) is 19.4 Å². The van der Waals surface area contributed by atoms with E-state index in [4.69, 9.17) is 14.3 Å². The molecule has 1 heterocycles. The minimum Gasteiger partial charge on any atom is -0.481 e. The molecule has 0 aliphatic carbocycles. The molecule has 0 spiro atoms. The number of nitrogens with one attached hydrogen (secondary N) is 1. The molecular formula is C12H18N2O5. The molecule has 0 bridgehead atoms. The van der Waals surface area contributed by atoms with Gasteiger partial charge in [0.2, 0.25) is 0 Å². The van der Waals surface area contributed by atoms with Gasteiger partial charge in [0, 0.05) is 26.3 Å². The number of amides is 2. The summed E-state index contributed by atoms with van der Waals surface area (Å²) in [7, 11) is 3.05. The van der Waals surface area contributed by atoms with Crippen LogP contribution >= 0.6 is 0 Å². The van der Waals surface area contributed by atoms with Crippen LogP contribution in [0.15, 0.2) is 23.0 Å². The van der Waals surface area contributed by atoms with Crippen LogP contribution < -0.4 is 5.32 Å². The lowest BCUT2D eigenvalue weighted by molar-refractivity contribution is -0.139. The predicted molar refractivity (Wildman–Crippen MR) is 66.6 cm³/mol. The Balaban J connectivity index is 2.35. The van der Waals surface area contributed by atoms with E-state index in [9.17, 15) is 9.59 Å². The quantitative estimate of drug-likeness (QED) is 0.768. The average Bonchev–Trinajstić information content (AvgIpc) is 2.86. The second-order valence-corrected chi connectivity index (χ2v) is 4.13. The minimum absolute atomic E-state index is 0.150. The Labute approximate surface area is 111 Å². The van der Waals surface area contributed by atoms with Crippen molar-refractivity contribution >= 4 is 12.0 Å². The summed E-state index contributed by atoms with van der Waals surface area (Å²) in [6, 6.07) is 1.47. The zero-order valence-corrected chi connectivity index (χ0v) is 11.0. The number of furan rings is 1. The van der Waals surface area contributed by atoms with Gasteiger partial charge in [-0.05, 0) is 6.07 Å². The second-order valence-electron chi connectivity index (χ2n) is 4.13. The van der Waals surface area contributed by atoms with Crippen molar-refractivity contribution < 1.29 is 23.8 Å². The van der Waals surface area contributed by atoms with Crippen LogP contribution in [0, 0.1) is 0 Å². The summed E-state index contributed by atoms with van der Waals surface area (Å²) in [5.41, 5.74) is 0.881. The summed E-state index contributed by atoms with van der Waals surface area (Å²) in [6.45, 7) is 0.566. The molecule has 1 unspecified atom stereocenters. The van der Waals surface area contributed by atoms with E-state index in [1.165, 1.54) is 18.3 Å². The topological polar surface area (TPSA) is 92.0 Å². The maximum Gasteiger partial charge on any atom is 0.317 e. The molecular weight excluding hydrogens is 252 g/mol. The third kappa shape index (κ3) is 5.43. The van der Waals surface area contributed by atoms with Gasteiger partial charge < -0.3 is 24.5 Å². The molecule has 1 rings (SSSR count). The number of carboxylic acids is 1. The summed E-state index contributed by atoms with van der Waals surface area (Å²) in [5.74, 6) is -0.965. The molecule has 2 N–H and O–H groups in total. The Morgan fingerprint density at radius 2 is 2.32 bits per heavy atom. The number of carbonyl (C=O) groups excluding carboxylic acids is 1. The van der Waals surface area contributed by atoms with Crippen LogP contribution in [0.2, 0.25) is 0 Å². The summed E-state index contributed by atoms with van der Waals surface area (Å²) >= 11 is 0. The van der Waals surface area contributed by atoms with Crippen LogP contribution in [-0.4, -0.2) is 48.8 Å². The molecule has 1 aromatic heterocycles. The highest BCUT2D eigenvalue weighted by Gasteiger charge is 2.15. The highest BCUT2D eigenvalue weighted by molar-refractivity contribution is 5.74. The first-order valence-electron chi connectivity index (χ1n) is 5.77. The Morgan fingerprint density at radius 1 is 1.58 bits per heavy atom. The summed E-state index contributed by atoms with van der Waals surface area (Å²) in [5, 5.41) is 11.3. The first-order valence-corrected chi connectivity index (χ1v) is 5.77. The molecule has 7 nitrogen and oxygen atoms in total. The molecule has 106 valence electrons. The summed E-state index contributed by atoms with van der Waals surface area (Å²) < 4.78 is 9.88. The van der Waals surface area contributed by atoms with Gasteiger partial charge in [0.15, 0.2) is 0 Å². The smallest absolute Gasteiger partial charge is 0.317 e. The molecule has 0 saturated carbocycles. The highest BCUT2D eigenvalue weighted by atomic mass is 16.5. The van der Waals surface area contributed by atoms with E-state index in [1.807, 2.05) is 0 Å². The monoisotopic (exact) mass is 270 g/mol. The lowest BCUT2D eigenvalue weighted by atomic mass is 10.2. The number of ether oxygens (including phenoxy) is 1. The van der Waals surface area contributed by atoms with E-state index in [0.717, 1.165) is 5.56 Å². The molecule has 0 fully saturated rings. The van der Waals surface area contributed by atoms with Crippen molar-refractivity contribution in [1.29, 1.82) is 0 Å². The van der Waals surface area contributed by atoms with Crippen molar-refractivity contribution in [1.82, 2.24) is 10.2 Å². The van der Waals surface area contributed by atoms with Gasteiger partial charge in [0.25, 0.3) is 0 Å². The van der Waals surface area contributed by atoms with E-state index in [0.29, 0.717) is 6.54 Å². The second kappa shape index (κ2) is 7.42. The first-order chi connectivity index (χ1) is 9.02. The fourth-order valence-corrected chi connectivity index (χ4v) is 1.50. The number of methoxy groups -OCH3 is 1. The molecule has 7 heteroatoms. The standard InChI is InChI=1S/C12H18N2O5/c1-14(7-9-3-4-19-8-9)12(17)13-6-10(18-2)5-11(15)16/h3-4,8,10H,5-7H2,1-2H3,(H,13,17)(H,15,16). The van der Waals surface area contributed by atoms with Gasteiger partial charge in [0.1, 0.15) is 0 Å². The normalized spacial score (nSPS) is 11.9. The average molecular weight is 270 g/mol. The number of carbonyl (C=O) groups is 2. The molecule has 1 aromatic rings. The third-order valence-corrected chi connectivity index (χ3v) is 2.56. The molecule has 0 aliphatic heterocycles. The molecule has 0 saturated heterocycles. The lowest BCUT2D eigenvalue weighted by Gasteiger charge is -2.19. The molecule has 19 heavy (non-hydrogen) atoms. The number of nitrogens with zero attached hydrogens (tertiary/aromatic N) is 1. The van der Waals surface area contributed by atoms with Gasteiger partial charge in [-0.1, -0.05) is 0 Å². The number of urea groups is 1. The molecule has 0 aromatic carbocycles. The van der Waals surface area contributed by atoms with E-state index in [-0.39, 0.29) is 19.0 Å². The van der Waals surface area contributed by atoms with Crippen molar-refractivity contribution in [3.63, 3.8) is 0 Å². The molecule has 0 radical (unpaired) electrons. The van der Waals surface area contributed by atoms with Crippen LogP contribution in [0.4, 0.5) is 4.79 Å². The van der Waals surface area contributed by atoms with Crippen LogP contribution in [0.1, 0.15) is 12.0 Å². The minimum atomic E-state index is -0.965. The highest BCUT2D eigenvalue weighted by Crippen LogP contribution is 2.04. The van der Waals surface area contributed by atoms with Gasteiger partial charge in [-0.3, -0.25) is 4.79 Å². The van der Waals surface area contributed by atoms with Gasteiger partial charge in [-0.15, -0.1) is 0 Å². The Kier molecular flexibility index (Phi) is 5.87. The molecule has 1 atom stereocenters. The first kappa shape index (κ1) is 15.0. The number of hydrogen-bond donors (Lipinski definition) is 2. The Hall–Kier alpha value is -2.02. The van der Waals surface area contributed by atoms with E-state index < -0.39 is 12.1 Å². The molecule has 2 amide bonds. The van der Waals surface area contributed by atoms with Crippen LogP contribution in [0.5, 0.6) is 0 Å². The van der Waals surface area contributed by atoms with Gasteiger partial charge in [-0.2, -0.15) is 0 Å². The van der Waals surface area contributed by atoms with Crippen LogP contribution in [-0.2, 0) is 16.1 Å². The van der Waals surface area contributed by atoms with Crippen molar-refractivity contribution in [2.45, 2.75) is 19.1 Å². The van der Waals surface area contributed by atoms with Gasteiger partial charge in [0.05, 0.1) is 31.6 Å². The van der Waals surface area contributed by atoms with Gasteiger partial charge >= 0.3 is 12.0 Å².